The van der Waals surface area contributed by atoms with E-state index in [0.717, 1.165) is 70.4 Å². The standard InChI is InChI=1S/C18H25N3O3/c22-18(20-12-4-1-2-5-13-20)16-14-15(21(23)24)8-9-17(16)19-10-6-3-7-11-19/h8-9,14H,1-7,10-13H2. The second-order valence-electron chi connectivity index (χ2n) is 6.71. The van der Waals surface area contributed by atoms with Crippen LogP contribution in [0.4, 0.5) is 11.4 Å². The maximum Gasteiger partial charge on any atom is 0.270 e. The van der Waals surface area contributed by atoms with Crippen LogP contribution in [0.1, 0.15) is 55.3 Å². The number of piperidine rings is 1. The third-order valence-corrected chi connectivity index (χ3v) is 5.01. The monoisotopic (exact) mass is 331 g/mol. The van der Waals surface area contributed by atoms with Gasteiger partial charge in [-0.15, -0.1) is 0 Å². The van der Waals surface area contributed by atoms with E-state index in [1.807, 2.05) is 4.90 Å². The lowest BCUT2D eigenvalue weighted by Gasteiger charge is -2.31. The number of nitro benzene ring substituents is 1. The molecule has 0 N–H and O–H groups in total. The summed E-state index contributed by atoms with van der Waals surface area (Å²) in [4.78, 5) is 27.9. The Morgan fingerprint density at radius 1 is 0.917 bits per heavy atom. The average Bonchev–Trinajstić information content (AvgIpc) is 2.90. The molecule has 2 aliphatic heterocycles. The molecule has 2 heterocycles. The highest BCUT2D eigenvalue weighted by Crippen LogP contribution is 2.29. The Hall–Kier alpha value is -2.11. The molecule has 24 heavy (non-hydrogen) atoms. The van der Waals surface area contributed by atoms with Crippen LogP contribution < -0.4 is 4.90 Å². The van der Waals surface area contributed by atoms with E-state index in [1.54, 1.807) is 6.07 Å². The van der Waals surface area contributed by atoms with E-state index >= 15 is 0 Å². The fourth-order valence-electron chi connectivity index (χ4n) is 3.66. The molecule has 0 aromatic heterocycles. The number of likely N-dealkylation sites (tertiary alicyclic amines) is 1. The number of benzene rings is 1. The van der Waals surface area contributed by atoms with E-state index in [9.17, 15) is 14.9 Å². The number of nitrogens with zero attached hydrogens (tertiary/aromatic N) is 3. The predicted octanol–water partition coefficient (Wildman–Crippen LogP) is 3.60. The summed E-state index contributed by atoms with van der Waals surface area (Å²) < 4.78 is 0. The van der Waals surface area contributed by atoms with Gasteiger partial charge in [0.05, 0.1) is 16.2 Å². The van der Waals surface area contributed by atoms with Crippen LogP contribution in [0.2, 0.25) is 0 Å². The summed E-state index contributed by atoms with van der Waals surface area (Å²) in [6.45, 7) is 3.33. The molecule has 0 unspecified atom stereocenters. The predicted molar refractivity (Wildman–Crippen MR) is 93.5 cm³/mol. The van der Waals surface area contributed by atoms with E-state index in [0.29, 0.717) is 5.56 Å². The van der Waals surface area contributed by atoms with E-state index in [4.69, 9.17) is 0 Å². The van der Waals surface area contributed by atoms with Gasteiger partial charge in [-0.25, -0.2) is 0 Å². The van der Waals surface area contributed by atoms with Gasteiger partial charge in [0.25, 0.3) is 11.6 Å². The zero-order chi connectivity index (χ0) is 16.9. The Kier molecular flexibility index (Phi) is 5.33. The summed E-state index contributed by atoms with van der Waals surface area (Å²) in [5.74, 6) is -0.0545. The van der Waals surface area contributed by atoms with Gasteiger partial charge < -0.3 is 9.80 Å². The Morgan fingerprint density at radius 2 is 1.50 bits per heavy atom. The molecule has 0 saturated carbocycles. The Bertz CT molecular complexity index is 604. The van der Waals surface area contributed by atoms with Crippen LogP contribution in [0.3, 0.4) is 0 Å². The fraction of sp³-hybridized carbons (Fsp3) is 0.611. The first-order valence-electron chi connectivity index (χ1n) is 8.99. The van der Waals surface area contributed by atoms with Crippen molar-refractivity contribution < 1.29 is 9.72 Å². The van der Waals surface area contributed by atoms with Crippen molar-refractivity contribution in [3.63, 3.8) is 0 Å². The van der Waals surface area contributed by atoms with Gasteiger partial charge in [-0.3, -0.25) is 14.9 Å². The lowest BCUT2D eigenvalue weighted by molar-refractivity contribution is -0.384. The van der Waals surface area contributed by atoms with Crippen molar-refractivity contribution in [1.82, 2.24) is 4.90 Å². The Labute approximate surface area is 142 Å². The Morgan fingerprint density at radius 3 is 2.12 bits per heavy atom. The lowest BCUT2D eigenvalue weighted by atomic mass is 10.1. The third-order valence-electron chi connectivity index (χ3n) is 5.01. The number of carbonyl (C=O) groups excluding carboxylic acids is 1. The van der Waals surface area contributed by atoms with Gasteiger partial charge >= 0.3 is 0 Å². The highest BCUT2D eigenvalue weighted by molar-refractivity contribution is 6.00. The van der Waals surface area contributed by atoms with E-state index < -0.39 is 4.92 Å². The lowest BCUT2D eigenvalue weighted by Crippen LogP contribution is -2.35. The summed E-state index contributed by atoms with van der Waals surface area (Å²) in [6, 6.07) is 4.74. The second-order valence-corrected chi connectivity index (χ2v) is 6.71. The van der Waals surface area contributed by atoms with Crippen LogP contribution in [0.15, 0.2) is 18.2 Å². The summed E-state index contributed by atoms with van der Waals surface area (Å²) in [5.41, 5.74) is 1.34. The quantitative estimate of drug-likeness (QED) is 0.627. The van der Waals surface area contributed by atoms with Crippen molar-refractivity contribution in [2.75, 3.05) is 31.1 Å². The molecule has 0 spiro atoms. The number of non-ortho nitro benzene ring substituents is 1. The van der Waals surface area contributed by atoms with Crippen molar-refractivity contribution in [3.05, 3.63) is 33.9 Å². The number of anilines is 1. The van der Waals surface area contributed by atoms with Crippen LogP contribution in [-0.4, -0.2) is 41.9 Å². The SMILES string of the molecule is O=C(c1cc([N+](=O)[O-])ccc1N1CCCCC1)N1CCCCCC1. The largest absolute Gasteiger partial charge is 0.371 e. The normalized spacial score (nSPS) is 19.0. The number of nitro groups is 1. The van der Waals surface area contributed by atoms with Crippen LogP contribution in [-0.2, 0) is 0 Å². The first kappa shape index (κ1) is 16.7. The number of hydrogen-bond donors (Lipinski definition) is 0. The molecule has 3 rings (SSSR count). The first-order chi connectivity index (χ1) is 11.7. The molecule has 0 radical (unpaired) electrons. The maximum absolute atomic E-state index is 13.1. The molecule has 1 amide bonds. The van der Waals surface area contributed by atoms with Crippen molar-refractivity contribution in [1.29, 1.82) is 0 Å². The first-order valence-corrected chi connectivity index (χ1v) is 8.99. The Balaban J connectivity index is 1.93. The van der Waals surface area contributed by atoms with E-state index in [-0.39, 0.29) is 11.6 Å². The van der Waals surface area contributed by atoms with E-state index in [1.165, 1.54) is 18.6 Å². The number of rotatable bonds is 3. The molecule has 0 aliphatic carbocycles. The van der Waals surface area contributed by atoms with Gasteiger partial charge in [0.2, 0.25) is 0 Å². The van der Waals surface area contributed by atoms with Gasteiger partial charge in [-0.1, -0.05) is 12.8 Å². The van der Waals surface area contributed by atoms with Crippen molar-refractivity contribution in [2.45, 2.75) is 44.9 Å². The van der Waals surface area contributed by atoms with Gasteiger partial charge in [0, 0.05) is 38.3 Å². The summed E-state index contributed by atoms with van der Waals surface area (Å²) in [7, 11) is 0. The van der Waals surface area contributed by atoms with Crippen LogP contribution in [0.5, 0.6) is 0 Å². The minimum absolute atomic E-state index is 0.00562. The minimum atomic E-state index is -0.417. The third kappa shape index (κ3) is 3.68. The molecule has 6 nitrogen and oxygen atoms in total. The molecule has 1 aromatic rings. The van der Waals surface area contributed by atoms with Crippen LogP contribution in [0.25, 0.3) is 0 Å². The summed E-state index contributed by atoms with van der Waals surface area (Å²) in [6.07, 6.45) is 7.75. The topological polar surface area (TPSA) is 66.7 Å². The van der Waals surface area contributed by atoms with Gasteiger partial charge in [-0.2, -0.15) is 0 Å². The highest BCUT2D eigenvalue weighted by atomic mass is 16.6. The van der Waals surface area contributed by atoms with E-state index in [2.05, 4.69) is 4.90 Å². The smallest absolute Gasteiger partial charge is 0.270 e. The number of amides is 1. The van der Waals surface area contributed by atoms with Gasteiger partial charge in [0.15, 0.2) is 0 Å². The molecule has 2 aliphatic rings. The molecule has 2 fully saturated rings. The molecule has 6 heteroatoms. The molecular weight excluding hydrogens is 306 g/mol. The van der Waals surface area contributed by atoms with Crippen molar-refractivity contribution in [2.24, 2.45) is 0 Å². The molecule has 2 saturated heterocycles. The molecule has 1 aromatic carbocycles. The minimum Gasteiger partial charge on any atom is -0.371 e. The molecule has 0 bridgehead atoms. The van der Waals surface area contributed by atoms with Gasteiger partial charge in [0.1, 0.15) is 0 Å². The number of hydrogen-bond acceptors (Lipinski definition) is 4. The fourth-order valence-corrected chi connectivity index (χ4v) is 3.66. The zero-order valence-electron chi connectivity index (χ0n) is 14.1. The number of carbonyl (C=O) groups is 1. The van der Waals surface area contributed by atoms with Crippen molar-refractivity contribution in [3.8, 4) is 0 Å². The van der Waals surface area contributed by atoms with Crippen molar-refractivity contribution >= 4 is 17.3 Å². The zero-order valence-corrected chi connectivity index (χ0v) is 14.1. The maximum atomic E-state index is 13.1. The molecular formula is C18H25N3O3. The summed E-state index contributed by atoms with van der Waals surface area (Å²) >= 11 is 0. The molecule has 0 atom stereocenters. The van der Waals surface area contributed by atoms with Crippen LogP contribution >= 0.6 is 0 Å². The molecule has 130 valence electrons. The van der Waals surface area contributed by atoms with Crippen LogP contribution in [0, 0.1) is 10.1 Å². The highest BCUT2D eigenvalue weighted by Gasteiger charge is 2.25. The summed E-state index contributed by atoms with van der Waals surface area (Å²) in [5, 5.41) is 11.2. The van der Waals surface area contributed by atoms with Gasteiger partial charge in [-0.05, 0) is 38.2 Å². The average molecular weight is 331 g/mol. The second kappa shape index (κ2) is 7.64.